The Morgan fingerprint density at radius 1 is 1.00 bits per heavy atom. The third-order valence-corrected chi connectivity index (χ3v) is 3.86. The van der Waals surface area contributed by atoms with E-state index in [1.54, 1.807) is 12.1 Å². The zero-order valence-electron chi connectivity index (χ0n) is 13.7. The van der Waals surface area contributed by atoms with Crippen molar-refractivity contribution in [3.8, 4) is 11.5 Å². The smallest absolute Gasteiger partial charge is 0.247 e. The number of rotatable bonds is 6. The highest BCUT2D eigenvalue weighted by Crippen LogP contribution is 2.23. The maximum atomic E-state index is 13.1. The van der Waals surface area contributed by atoms with Crippen molar-refractivity contribution in [2.75, 3.05) is 0 Å². The van der Waals surface area contributed by atoms with Crippen LogP contribution in [-0.4, -0.2) is 10.2 Å². The molecule has 0 saturated carbocycles. The summed E-state index contributed by atoms with van der Waals surface area (Å²) >= 11 is 0. The molecule has 1 atom stereocenters. The largest absolute Gasteiger partial charge is 0.419 e. The van der Waals surface area contributed by atoms with Crippen LogP contribution < -0.4 is 5.32 Å². The Morgan fingerprint density at radius 3 is 2.38 bits per heavy atom. The third-order valence-electron chi connectivity index (χ3n) is 3.86. The molecule has 0 saturated heterocycles. The summed E-state index contributed by atoms with van der Waals surface area (Å²) < 4.78 is 18.8. The minimum absolute atomic E-state index is 0.0812. The summed E-state index contributed by atoms with van der Waals surface area (Å²) in [5, 5.41) is 11.6. The molecular formula is C19H20FN3O. The predicted octanol–water partition coefficient (Wildman–Crippen LogP) is 4.36. The van der Waals surface area contributed by atoms with Gasteiger partial charge in [0.1, 0.15) is 5.82 Å². The summed E-state index contributed by atoms with van der Waals surface area (Å²) in [6.45, 7) is 4.69. The summed E-state index contributed by atoms with van der Waals surface area (Å²) in [5.41, 5.74) is 1.93. The quantitative estimate of drug-likeness (QED) is 0.731. The van der Waals surface area contributed by atoms with E-state index < -0.39 is 0 Å². The monoisotopic (exact) mass is 325 g/mol. The number of benzene rings is 2. The highest BCUT2D eigenvalue weighted by atomic mass is 19.1. The van der Waals surface area contributed by atoms with Crippen molar-refractivity contribution in [3.05, 3.63) is 71.9 Å². The van der Waals surface area contributed by atoms with E-state index >= 15 is 0 Å². The maximum absolute atomic E-state index is 13.1. The second-order valence-electron chi connectivity index (χ2n) is 6.02. The van der Waals surface area contributed by atoms with Crippen LogP contribution in [0.3, 0.4) is 0 Å². The van der Waals surface area contributed by atoms with Crippen molar-refractivity contribution in [1.82, 2.24) is 15.5 Å². The standard InChI is InChI=1S/C19H20FN3O/c1-13(2)18(14-8-10-16(20)11-9-14)21-12-17-22-23-19(24-17)15-6-4-3-5-7-15/h3-11,13,18,21H,12H2,1-2H3. The minimum atomic E-state index is -0.231. The van der Waals surface area contributed by atoms with Gasteiger partial charge in [0, 0.05) is 11.6 Å². The molecule has 3 aromatic rings. The van der Waals surface area contributed by atoms with Crippen LogP contribution in [0.4, 0.5) is 4.39 Å². The van der Waals surface area contributed by atoms with Gasteiger partial charge >= 0.3 is 0 Å². The van der Waals surface area contributed by atoms with Crippen molar-refractivity contribution in [2.45, 2.75) is 26.4 Å². The molecule has 0 spiro atoms. The van der Waals surface area contributed by atoms with Gasteiger partial charge in [0.05, 0.1) is 6.54 Å². The molecule has 0 bridgehead atoms. The van der Waals surface area contributed by atoms with Crippen LogP contribution in [0.5, 0.6) is 0 Å². The van der Waals surface area contributed by atoms with E-state index in [0.29, 0.717) is 24.2 Å². The summed E-state index contributed by atoms with van der Waals surface area (Å²) in [6, 6.07) is 16.3. The first-order valence-corrected chi connectivity index (χ1v) is 8.00. The molecule has 1 unspecified atom stereocenters. The lowest BCUT2D eigenvalue weighted by molar-refractivity contribution is 0.380. The number of hydrogen-bond acceptors (Lipinski definition) is 4. The SMILES string of the molecule is CC(C)C(NCc1nnc(-c2ccccc2)o1)c1ccc(F)cc1. The van der Waals surface area contributed by atoms with Gasteiger partial charge in [-0.05, 0) is 35.7 Å². The fourth-order valence-electron chi connectivity index (χ4n) is 2.63. The van der Waals surface area contributed by atoms with Crippen LogP contribution in [-0.2, 0) is 6.54 Å². The summed E-state index contributed by atoms with van der Waals surface area (Å²) in [7, 11) is 0. The fraction of sp³-hybridized carbons (Fsp3) is 0.263. The van der Waals surface area contributed by atoms with Crippen molar-refractivity contribution in [3.63, 3.8) is 0 Å². The lowest BCUT2D eigenvalue weighted by Gasteiger charge is -2.22. The van der Waals surface area contributed by atoms with Crippen molar-refractivity contribution in [2.24, 2.45) is 5.92 Å². The fourth-order valence-corrected chi connectivity index (χ4v) is 2.63. The van der Waals surface area contributed by atoms with Crippen molar-refractivity contribution in [1.29, 1.82) is 0 Å². The Morgan fingerprint density at radius 2 is 1.71 bits per heavy atom. The van der Waals surface area contributed by atoms with E-state index in [-0.39, 0.29) is 11.9 Å². The maximum Gasteiger partial charge on any atom is 0.247 e. The minimum Gasteiger partial charge on any atom is -0.419 e. The van der Waals surface area contributed by atoms with Crippen LogP contribution in [0.25, 0.3) is 11.5 Å². The highest BCUT2D eigenvalue weighted by molar-refractivity contribution is 5.51. The van der Waals surface area contributed by atoms with E-state index in [2.05, 4.69) is 29.4 Å². The molecule has 5 heteroatoms. The topological polar surface area (TPSA) is 51.0 Å². The predicted molar refractivity (Wildman–Crippen MR) is 90.6 cm³/mol. The molecule has 0 aliphatic carbocycles. The first kappa shape index (κ1) is 16.3. The van der Waals surface area contributed by atoms with Crippen molar-refractivity contribution < 1.29 is 8.81 Å². The Hall–Kier alpha value is -2.53. The molecule has 3 rings (SSSR count). The first-order chi connectivity index (χ1) is 11.6. The molecule has 124 valence electrons. The average Bonchev–Trinajstić information content (AvgIpc) is 3.06. The number of aromatic nitrogens is 2. The Labute approximate surface area is 140 Å². The number of nitrogens with one attached hydrogen (secondary N) is 1. The van der Waals surface area contributed by atoms with Gasteiger partial charge in [-0.15, -0.1) is 10.2 Å². The molecule has 1 N–H and O–H groups in total. The van der Waals surface area contributed by atoms with Crippen LogP contribution in [0.2, 0.25) is 0 Å². The molecule has 0 aliphatic heterocycles. The van der Waals surface area contributed by atoms with Gasteiger partial charge in [0.15, 0.2) is 0 Å². The van der Waals surface area contributed by atoms with E-state index in [4.69, 9.17) is 4.42 Å². The zero-order chi connectivity index (χ0) is 16.9. The van der Waals surface area contributed by atoms with Gasteiger partial charge in [-0.3, -0.25) is 0 Å². The zero-order valence-corrected chi connectivity index (χ0v) is 13.7. The molecule has 0 fully saturated rings. The molecule has 2 aromatic carbocycles. The summed E-state index contributed by atoms with van der Waals surface area (Å²) in [6.07, 6.45) is 0. The van der Waals surface area contributed by atoms with E-state index in [9.17, 15) is 4.39 Å². The first-order valence-electron chi connectivity index (χ1n) is 8.00. The lowest BCUT2D eigenvalue weighted by atomic mass is 9.96. The van der Waals surface area contributed by atoms with E-state index in [1.807, 2.05) is 30.3 Å². The summed E-state index contributed by atoms with van der Waals surface area (Å²) in [4.78, 5) is 0. The number of halogens is 1. The Balaban J connectivity index is 1.69. The van der Waals surface area contributed by atoms with Gasteiger partial charge in [-0.25, -0.2) is 4.39 Å². The van der Waals surface area contributed by atoms with Gasteiger partial charge in [0.2, 0.25) is 11.8 Å². The molecule has 24 heavy (non-hydrogen) atoms. The molecule has 1 heterocycles. The van der Waals surface area contributed by atoms with E-state index in [1.165, 1.54) is 12.1 Å². The number of hydrogen-bond donors (Lipinski definition) is 1. The highest BCUT2D eigenvalue weighted by Gasteiger charge is 2.17. The molecule has 0 aliphatic rings. The normalized spacial score (nSPS) is 12.5. The summed E-state index contributed by atoms with van der Waals surface area (Å²) in [5.74, 6) is 1.15. The third kappa shape index (κ3) is 3.86. The van der Waals surface area contributed by atoms with Gasteiger partial charge in [-0.2, -0.15) is 0 Å². The molecular weight excluding hydrogens is 305 g/mol. The van der Waals surface area contributed by atoms with Gasteiger partial charge in [0.25, 0.3) is 0 Å². The van der Waals surface area contributed by atoms with Crippen LogP contribution in [0.15, 0.2) is 59.0 Å². The number of nitrogens with zero attached hydrogens (tertiary/aromatic N) is 2. The average molecular weight is 325 g/mol. The second-order valence-corrected chi connectivity index (χ2v) is 6.02. The van der Waals surface area contributed by atoms with Gasteiger partial charge in [-0.1, -0.05) is 44.2 Å². The van der Waals surface area contributed by atoms with E-state index in [0.717, 1.165) is 11.1 Å². The molecule has 1 aromatic heterocycles. The van der Waals surface area contributed by atoms with Crippen molar-refractivity contribution >= 4 is 0 Å². The second kappa shape index (κ2) is 7.36. The van der Waals surface area contributed by atoms with Gasteiger partial charge < -0.3 is 9.73 Å². The molecule has 0 radical (unpaired) electrons. The lowest BCUT2D eigenvalue weighted by Crippen LogP contribution is -2.25. The molecule has 4 nitrogen and oxygen atoms in total. The van der Waals surface area contributed by atoms with Crippen LogP contribution in [0, 0.1) is 11.7 Å². The van der Waals surface area contributed by atoms with Crippen LogP contribution in [0.1, 0.15) is 31.3 Å². The Bertz CT molecular complexity index is 769. The molecule has 0 amide bonds. The Kier molecular flexibility index (Phi) is 5.01. The van der Waals surface area contributed by atoms with Crippen LogP contribution >= 0.6 is 0 Å².